The molecule has 0 aromatic rings. The van der Waals surface area contributed by atoms with Crippen molar-refractivity contribution in [3.8, 4) is 0 Å². The zero-order chi connectivity index (χ0) is 13.0. The summed E-state index contributed by atoms with van der Waals surface area (Å²) in [7, 11) is 0. The number of hydrogen-bond donors (Lipinski definition) is 1. The Labute approximate surface area is 115 Å². The number of carbonyl (C=O) groups excluding carboxylic acids is 1. The van der Waals surface area contributed by atoms with Gasteiger partial charge in [-0.15, -0.1) is 0 Å². The molecule has 5 rings (SSSR count). The van der Waals surface area contributed by atoms with E-state index in [1.807, 2.05) is 4.90 Å². The second-order valence-electron chi connectivity index (χ2n) is 7.88. The number of carbonyl (C=O) groups is 1. The minimum Gasteiger partial charge on any atom is -0.391 e. The molecule has 0 aromatic heterocycles. The van der Waals surface area contributed by atoms with E-state index in [0.717, 1.165) is 37.1 Å². The number of β-amino-alcohol motifs (C(OH)–C–C–N with tert-alkyl or cyclic N) is 1. The SMILES string of the molecule is O=C(CC12CC3CC(CC(C3)C1)C2)N1CC[C@@H](O)C1. The fourth-order valence-electron chi connectivity index (χ4n) is 5.91. The van der Waals surface area contributed by atoms with E-state index in [1.54, 1.807) is 0 Å². The molecule has 0 radical (unpaired) electrons. The molecule has 5 fully saturated rings. The van der Waals surface area contributed by atoms with Crippen LogP contribution in [-0.2, 0) is 4.79 Å². The van der Waals surface area contributed by atoms with Crippen LogP contribution in [0.15, 0.2) is 0 Å². The second kappa shape index (κ2) is 4.21. The van der Waals surface area contributed by atoms with Gasteiger partial charge < -0.3 is 10.0 Å². The van der Waals surface area contributed by atoms with Crippen LogP contribution in [0.5, 0.6) is 0 Å². The molecule has 1 heterocycles. The third-order valence-electron chi connectivity index (χ3n) is 6.21. The van der Waals surface area contributed by atoms with E-state index in [-0.39, 0.29) is 6.10 Å². The molecule has 1 saturated heterocycles. The largest absolute Gasteiger partial charge is 0.391 e. The zero-order valence-electron chi connectivity index (χ0n) is 11.7. The van der Waals surface area contributed by atoms with Gasteiger partial charge in [-0.25, -0.2) is 0 Å². The van der Waals surface area contributed by atoms with Gasteiger partial charge in [0.15, 0.2) is 0 Å². The summed E-state index contributed by atoms with van der Waals surface area (Å²) >= 11 is 0. The van der Waals surface area contributed by atoms with Gasteiger partial charge in [-0.05, 0) is 68.1 Å². The van der Waals surface area contributed by atoms with Crippen molar-refractivity contribution < 1.29 is 9.90 Å². The smallest absolute Gasteiger partial charge is 0.223 e. The Morgan fingerprint density at radius 3 is 2.16 bits per heavy atom. The van der Waals surface area contributed by atoms with E-state index in [0.29, 0.717) is 17.9 Å². The van der Waals surface area contributed by atoms with Crippen LogP contribution in [0.1, 0.15) is 51.4 Å². The van der Waals surface area contributed by atoms with Crippen LogP contribution in [0, 0.1) is 23.2 Å². The lowest BCUT2D eigenvalue weighted by Gasteiger charge is -2.56. The highest BCUT2D eigenvalue weighted by atomic mass is 16.3. The lowest BCUT2D eigenvalue weighted by atomic mass is 9.49. The molecule has 1 amide bonds. The summed E-state index contributed by atoms with van der Waals surface area (Å²) in [4.78, 5) is 14.4. The first-order chi connectivity index (χ1) is 9.12. The number of rotatable bonds is 2. The Morgan fingerprint density at radius 2 is 1.68 bits per heavy atom. The Hall–Kier alpha value is -0.570. The van der Waals surface area contributed by atoms with Crippen molar-refractivity contribution in [1.29, 1.82) is 0 Å². The van der Waals surface area contributed by atoms with Crippen molar-refractivity contribution >= 4 is 5.91 Å². The molecule has 5 aliphatic rings. The van der Waals surface area contributed by atoms with E-state index in [4.69, 9.17) is 0 Å². The van der Waals surface area contributed by atoms with Crippen molar-refractivity contribution in [2.75, 3.05) is 13.1 Å². The van der Waals surface area contributed by atoms with Crippen LogP contribution in [0.4, 0.5) is 0 Å². The molecule has 1 atom stereocenters. The maximum Gasteiger partial charge on any atom is 0.223 e. The molecule has 4 aliphatic carbocycles. The second-order valence-corrected chi connectivity index (χ2v) is 7.88. The van der Waals surface area contributed by atoms with Gasteiger partial charge in [-0.2, -0.15) is 0 Å². The molecule has 4 bridgehead atoms. The first kappa shape index (κ1) is 12.2. The summed E-state index contributed by atoms with van der Waals surface area (Å²) in [5.74, 6) is 3.08. The lowest BCUT2D eigenvalue weighted by Crippen LogP contribution is -2.48. The first-order valence-corrected chi connectivity index (χ1v) is 8.08. The van der Waals surface area contributed by atoms with Gasteiger partial charge in [0, 0.05) is 19.5 Å². The zero-order valence-corrected chi connectivity index (χ0v) is 11.7. The Kier molecular flexibility index (Phi) is 2.70. The number of aliphatic hydroxyl groups is 1. The summed E-state index contributed by atoms with van der Waals surface area (Å²) in [5.41, 5.74) is 0.347. The number of aliphatic hydroxyl groups excluding tert-OH is 1. The van der Waals surface area contributed by atoms with Crippen molar-refractivity contribution in [2.24, 2.45) is 23.2 Å². The molecule has 4 saturated carbocycles. The van der Waals surface area contributed by atoms with Crippen molar-refractivity contribution in [3.05, 3.63) is 0 Å². The molecule has 106 valence electrons. The molecule has 3 nitrogen and oxygen atoms in total. The molecule has 3 heteroatoms. The fraction of sp³-hybridized carbons (Fsp3) is 0.938. The quantitative estimate of drug-likeness (QED) is 0.829. The van der Waals surface area contributed by atoms with E-state index in [9.17, 15) is 9.90 Å². The third-order valence-corrected chi connectivity index (χ3v) is 6.21. The average Bonchev–Trinajstić information content (AvgIpc) is 2.73. The van der Waals surface area contributed by atoms with Gasteiger partial charge in [-0.1, -0.05) is 0 Å². The third kappa shape index (κ3) is 2.10. The van der Waals surface area contributed by atoms with E-state index in [2.05, 4.69) is 0 Å². The number of amides is 1. The number of likely N-dealkylation sites (tertiary alicyclic amines) is 1. The molecular weight excluding hydrogens is 238 g/mol. The highest BCUT2D eigenvalue weighted by Gasteiger charge is 2.51. The minimum atomic E-state index is -0.277. The van der Waals surface area contributed by atoms with Gasteiger partial charge in [0.05, 0.1) is 6.10 Å². The summed E-state index contributed by atoms with van der Waals surface area (Å²) in [6, 6.07) is 0. The predicted octanol–water partition coefficient (Wildman–Crippen LogP) is 2.19. The highest BCUT2D eigenvalue weighted by molar-refractivity contribution is 5.77. The topological polar surface area (TPSA) is 40.5 Å². The van der Waals surface area contributed by atoms with Crippen molar-refractivity contribution in [3.63, 3.8) is 0 Å². The van der Waals surface area contributed by atoms with E-state index >= 15 is 0 Å². The van der Waals surface area contributed by atoms with Crippen LogP contribution in [-0.4, -0.2) is 35.1 Å². The summed E-state index contributed by atoms with van der Waals surface area (Å²) in [5, 5.41) is 9.58. The Bertz CT molecular complexity index is 357. The van der Waals surface area contributed by atoms with Gasteiger partial charge in [0.1, 0.15) is 0 Å². The van der Waals surface area contributed by atoms with Crippen molar-refractivity contribution in [1.82, 2.24) is 4.90 Å². The van der Waals surface area contributed by atoms with Crippen LogP contribution in [0.3, 0.4) is 0 Å². The Balaban J connectivity index is 1.46. The molecule has 0 aromatic carbocycles. The molecule has 0 spiro atoms. The van der Waals surface area contributed by atoms with Gasteiger partial charge >= 0.3 is 0 Å². The molecule has 1 aliphatic heterocycles. The number of hydrogen-bond acceptors (Lipinski definition) is 2. The van der Waals surface area contributed by atoms with Crippen LogP contribution in [0.25, 0.3) is 0 Å². The standard InChI is InChI=1S/C16H25NO2/c18-14-1-2-17(10-14)15(19)9-16-6-11-3-12(7-16)5-13(4-11)8-16/h11-14,18H,1-10H2/t11?,12?,13?,14-,16?/m1/s1. The Morgan fingerprint density at radius 1 is 1.11 bits per heavy atom. The van der Waals surface area contributed by atoms with Crippen molar-refractivity contribution in [2.45, 2.75) is 57.5 Å². The van der Waals surface area contributed by atoms with Gasteiger partial charge in [0.25, 0.3) is 0 Å². The van der Waals surface area contributed by atoms with E-state index in [1.165, 1.54) is 38.5 Å². The van der Waals surface area contributed by atoms with Crippen LogP contribution < -0.4 is 0 Å². The van der Waals surface area contributed by atoms with Gasteiger partial charge in [0.2, 0.25) is 5.91 Å². The highest BCUT2D eigenvalue weighted by Crippen LogP contribution is 2.61. The maximum absolute atomic E-state index is 12.5. The summed E-state index contributed by atoms with van der Waals surface area (Å²) < 4.78 is 0. The van der Waals surface area contributed by atoms with E-state index < -0.39 is 0 Å². The maximum atomic E-state index is 12.5. The molecule has 19 heavy (non-hydrogen) atoms. The first-order valence-electron chi connectivity index (χ1n) is 8.08. The van der Waals surface area contributed by atoms with Crippen LogP contribution >= 0.6 is 0 Å². The summed E-state index contributed by atoms with van der Waals surface area (Å²) in [6.07, 6.45) is 9.50. The molecular formula is C16H25NO2. The van der Waals surface area contributed by atoms with Crippen LogP contribution in [0.2, 0.25) is 0 Å². The lowest BCUT2D eigenvalue weighted by molar-refractivity contribution is -0.138. The van der Waals surface area contributed by atoms with Gasteiger partial charge in [-0.3, -0.25) is 4.79 Å². The normalized spacial score (nSPS) is 47.9. The molecule has 0 unspecified atom stereocenters. The summed E-state index contributed by atoms with van der Waals surface area (Å²) in [6.45, 7) is 1.34. The minimum absolute atomic E-state index is 0.277. The average molecular weight is 263 g/mol. The predicted molar refractivity (Wildman–Crippen MR) is 72.4 cm³/mol. The monoisotopic (exact) mass is 263 g/mol. The number of nitrogens with zero attached hydrogens (tertiary/aromatic N) is 1. The fourth-order valence-corrected chi connectivity index (χ4v) is 5.91. The molecule has 1 N–H and O–H groups in total.